The molecule has 10 heavy (non-hydrogen) atoms. The lowest BCUT2D eigenvalue weighted by Gasteiger charge is -2.04. The monoisotopic (exact) mass is 138 g/mol. The second-order valence-electron chi connectivity index (χ2n) is 3.07. The van der Waals surface area contributed by atoms with Crippen LogP contribution in [-0.2, 0) is 0 Å². The lowest BCUT2D eigenvalue weighted by Crippen LogP contribution is -1.86. The molecule has 0 nitrogen and oxygen atoms in total. The Hall–Kier alpha value is -0.520. The quantitative estimate of drug-likeness (QED) is 0.523. The van der Waals surface area contributed by atoms with Gasteiger partial charge in [0.25, 0.3) is 0 Å². The maximum absolute atomic E-state index is 3.91. The minimum atomic E-state index is 0.645. The van der Waals surface area contributed by atoms with Crippen molar-refractivity contribution in [2.24, 2.45) is 5.92 Å². The molecule has 0 aromatic heterocycles. The van der Waals surface area contributed by atoms with E-state index in [9.17, 15) is 0 Å². The summed E-state index contributed by atoms with van der Waals surface area (Å²) in [4.78, 5) is 0. The van der Waals surface area contributed by atoms with Crippen LogP contribution in [0.1, 0.15) is 34.1 Å². The molecule has 0 bridgehead atoms. The number of allylic oxidation sites excluding steroid dienone is 3. The average molecular weight is 138 g/mol. The average Bonchev–Trinajstić information content (AvgIpc) is 1.81. The highest BCUT2D eigenvalue weighted by Crippen LogP contribution is 2.13. The van der Waals surface area contributed by atoms with Gasteiger partial charge in [0.05, 0.1) is 0 Å². The van der Waals surface area contributed by atoms with Crippen molar-refractivity contribution in [1.82, 2.24) is 0 Å². The summed E-state index contributed by atoms with van der Waals surface area (Å²) in [6.45, 7) is 12.5. The molecule has 0 heteroatoms. The van der Waals surface area contributed by atoms with E-state index in [1.807, 2.05) is 0 Å². The van der Waals surface area contributed by atoms with E-state index in [0.717, 1.165) is 6.42 Å². The Morgan fingerprint density at radius 3 is 2.10 bits per heavy atom. The molecular formula is C10H18. The van der Waals surface area contributed by atoms with Crippen molar-refractivity contribution in [2.45, 2.75) is 34.1 Å². The second kappa shape index (κ2) is 4.32. The molecule has 0 amide bonds. The number of rotatable bonds is 3. The lowest BCUT2D eigenvalue weighted by atomic mass is 10.0. The molecule has 0 aromatic carbocycles. The van der Waals surface area contributed by atoms with Crippen molar-refractivity contribution in [3.63, 3.8) is 0 Å². The Labute approximate surface area is 64.6 Å². The molecule has 58 valence electrons. The lowest BCUT2D eigenvalue weighted by molar-refractivity contribution is 0.815. The molecule has 0 saturated carbocycles. The first kappa shape index (κ1) is 9.48. The summed E-state index contributed by atoms with van der Waals surface area (Å²) >= 11 is 0. The largest absolute Gasteiger partial charge is 0.0958 e. The molecule has 0 aliphatic rings. The third-order valence-corrected chi connectivity index (χ3v) is 1.46. The molecule has 0 N–H and O–H groups in total. The predicted octanol–water partition coefficient (Wildman–Crippen LogP) is 3.55. The highest BCUT2D eigenvalue weighted by Gasteiger charge is 1.95. The van der Waals surface area contributed by atoms with Crippen LogP contribution in [0.3, 0.4) is 0 Å². The van der Waals surface area contributed by atoms with Crippen LogP contribution < -0.4 is 0 Å². The molecule has 0 spiro atoms. The van der Waals surface area contributed by atoms with Crippen molar-refractivity contribution in [3.8, 4) is 0 Å². The van der Waals surface area contributed by atoms with E-state index in [0.29, 0.717) is 5.92 Å². The minimum Gasteiger partial charge on any atom is -0.0958 e. The molecule has 0 heterocycles. The van der Waals surface area contributed by atoms with Gasteiger partial charge in [0, 0.05) is 0 Å². The third kappa shape index (κ3) is 3.49. The summed E-state index contributed by atoms with van der Waals surface area (Å²) in [7, 11) is 0. The smallest absolute Gasteiger partial charge is 0.0285 e. The summed E-state index contributed by atoms with van der Waals surface area (Å²) in [5.41, 5.74) is 2.60. The van der Waals surface area contributed by atoms with Crippen LogP contribution in [0.15, 0.2) is 23.8 Å². The molecule has 0 rings (SSSR count). The van der Waals surface area contributed by atoms with E-state index < -0.39 is 0 Å². The third-order valence-electron chi connectivity index (χ3n) is 1.46. The minimum absolute atomic E-state index is 0.645. The fourth-order valence-electron chi connectivity index (χ4n) is 0.964. The Balaban J connectivity index is 4.19. The van der Waals surface area contributed by atoms with Crippen LogP contribution in [0.5, 0.6) is 0 Å². The Bertz CT molecular complexity index is 138. The van der Waals surface area contributed by atoms with Gasteiger partial charge in [-0.2, -0.15) is 0 Å². The van der Waals surface area contributed by atoms with Gasteiger partial charge in [-0.05, 0) is 24.8 Å². The zero-order valence-corrected chi connectivity index (χ0v) is 7.57. The van der Waals surface area contributed by atoms with E-state index in [4.69, 9.17) is 0 Å². The van der Waals surface area contributed by atoms with Gasteiger partial charge >= 0.3 is 0 Å². The van der Waals surface area contributed by atoms with Crippen molar-refractivity contribution < 1.29 is 0 Å². The van der Waals surface area contributed by atoms with E-state index in [1.54, 1.807) is 0 Å². The van der Waals surface area contributed by atoms with Gasteiger partial charge in [0.15, 0.2) is 0 Å². The van der Waals surface area contributed by atoms with Gasteiger partial charge in [-0.3, -0.25) is 0 Å². The zero-order chi connectivity index (χ0) is 8.15. The van der Waals surface area contributed by atoms with Gasteiger partial charge in [-0.25, -0.2) is 0 Å². The van der Waals surface area contributed by atoms with Crippen molar-refractivity contribution in [3.05, 3.63) is 23.8 Å². The van der Waals surface area contributed by atoms with Gasteiger partial charge in [0.1, 0.15) is 0 Å². The maximum Gasteiger partial charge on any atom is -0.0285 e. The van der Waals surface area contributed by atoms with Gasteiger partial charge in [-0.15, -0.1) is 0 Å². The van der Waals surface area contributed by atoms with Crippen LogP contribution in [0.25, 0.3) is 0 Å². The molecule has 0 saturated heterocycles. The van der Waals surface area contributed by atoms with Crippen LogP contribution in [0.2, 0.25) is 0 Å². The molecule has 0 unspecified atom stereocenters. The molecule has 0 atom stereocenters. The normalized spacial score (nSPS) is 12.3. The number of hydrogen-bond donors (Lipinski definition) is 0. The highest BCUT2D eigenvalue weighted by molar-refractivity contribution is 5.25. The van der Waals surface area contributed by atoms with Gasteiger partial charge < -0.3 is 0 Å². The summed E-state index contributed by atoms with van der Waals surface area (Å²) in [6, 6.07) is 0. The van der Waals surface area contributed by atoms with E-state index >= 15 is 0 Å². The summed E-state index contributed by atoms with van der Waals surface area (Å²) in [5.74, 6) is 0.645. The van der Waals surface area contributed by atoms with Crippen LogP contribution in [-0.4, -0.2) is 0 Å². The number of hydrogen-bond acceptors (Lipinski definition) is 0. The first-order valence-corrected chi connectivity index (χ1v) is 3.94. The summed E-state index contributed by atoms with van der Waals surface area (Å²) < 4.78 is 0. The van der Waals surface area contributed by atoms with E-state index in [2.05, 4.69) is 40.3 Å². The van der Waals surface area contributed by atoms with E-state index in [-0.39, 0.29) is 0 Å². The Kier molecular flexibility index (Phi) is 4.10. The topological polar surface area (TPSA) is 0 Å². The van der Waals surface area contributed by atoms with Crippen LogP contribution >= 0.6 is 0 Å². The van der Waals surface area contributed by atoms with E-state index in [1.165, 1.54) is 11.1 Å². The van der Waals surface area contributed by atoms with Crippen molar-refractivity contribution in [2.75, 3.05) is 0 Å². The summed E-state index contributed by atoms with van der Waals surface area (Å²) in [6.07, 6.45) is 3.38. The molecule has 0 aliphatic carbocycles. The standard InChI is InChI=1S/C10H18/c1-6-10(9(4)5)7-8(2)3/h7-8H,4,6H2,1-3,5H3/b10-7+. The van der Waals surface area contributed by atoms with Crippen LogP contribution in [0, 0.1) is 5.92 Å². The molecule has 0 radical (unpaired) electrons. The fourth-order valence-corrected chi connectivity index (χ4v) is 0.964. The SMILES string of the molecule is C=C(C)/C(=C/C(C)C)CC. The second-order valence-corrected chi connectivity index (χ2v) is 3.07. The van der Waals surface area contributed by atoms with Gasteiger partial charge in [-0.1, -0.05) is 39.0 Å². The Morgan fingerprint density at radius 2 is 2.00 bits per heavy atom. The van der Waals surface area contributed by atoms with Crippen molar-refractivity contribution in [1.29, 1.82) is 0 Å². The van der Waals surface area contributed by atoms with Gasteiger partial charge in [0.2, 0.25) is 0 Å². The maximum atomic E-state index is 3.91. The van der Waals surface area contributed by atoms with Crippen molar-refractivity contribution >= 4 is 0 Å². The first-order chi connectivity index (χ1) is 4.57. The zero-order valence-electron chi connectivity index (χ0n) is 7.57. The molecule has 0 aliphatic heterocycles. The molecular weight excluding hydrogens is 120 g/mol. The molecule has 0 aromatic rings. The first-order valence-electron chi connectivity index (χ1n) is 3.94. The summed E-state index contributed by atoms with van der Waals surface area (Å²) in [5, 5.41) is 0. The predicted molar refractivity (Wildman–Crippen MR) is 48.0 cm³/mol. The van der Waals surface area contributed by atoms with Crippen LogP contribution in [0.4, 0.5) is 0 Å². The molecule has 0 fully saturated rings. The fraction of sp³-hybridized carbons (Fsp3) is 0.600. The highest BCUT2D eigenvalue weighted by atomic mass is 14.0. The Morgan fingerprint density at radius 1 is 1.50 bits per heavy atom.